The minimum absolute atomic E-state index is 0.0169. The number of aliphatic hydroxyl groups is 1. The largest absolute Gasteiger partial charge is 0.394 e. The fourth-order valence-electron chi connectivity index (χ4n) is 4.09. The fraction of sp³-hybridized carbons (Fsp3) is 1.00. The van der Waals surface area contributed by atoms with Gasteiger partial charge in [-0.15, -0.1) is 0 Å². The van der Waals surface area contributed by atoms with Gasteiger partial charge in [0.15, 0.2) is 0 Å². The molecular formula is C18H36N2O. The first kappa shape index (κ1) is 17.2. The number of hydrogen-bond acceptors (Lipinski definition) is 3. The molecule has 0 aliphatic heterocycles. The average molecular weight is 296 g/mol. The highest BCUT2D eigenvalue weighted by atomic mass is 16.3. The molecule has 0 bridgehead atoms. The van der Waals surface area contributed by atoms with Crippen molar-refractivity contribution in [3.8, 4) is 0 Å². The lowest BCUT2D eigenvalue weighted by atomic mass is 9.85. The Hall–Kier alpha value is -0.120. The summed E-state index contributed by atoms with van der Waals surface area (Å²) in [6.45, 7) is 10.7. The van der Waals surface area contributed by atoms with Gasteiger partial charge in [-0.05, 0) is 63.5 Å². The topological polar surface area (TPSA) is 35.5 Å². The first-order chi connectivity index (χ1) is 10.1. The molecule has 124 valence electrons. The molecule has 0 radical (unpaired) electrons. The van der Waals surface area contributed by atoms with E-state index < -0.39 is 0 Å². The van der Waals surface area contributed by atoms with Crippen LogP contribution in [0.3, 0.4) is 0 Å². The highest BCUT2D eigenvalue weighted by Crippen LogP contribution is 2.38. The van der Waals surface area contributed by atoms with E-state index in [1.807, 2.05) is 0 Å². The van der Waals surface area contributed by atoms with Crippen molar-refractivity contribution < 1.29 is 5.11 Å². The van der Waals surface area contributed by atoms with Crippen molar-refractivity contribution in [3.05, 3.63) is 0 Å². The second-order valence-electron chi connectivity index (χ2n) is 7.74. The third-order valence-electron chi connectivity index (χ3n) is 5.39. The molecule has 2 rings (SSSR count). The molecule has 2 saturated carbocycles. The van der Waals surface area contributed by atoms with Gasteiger partial charge in [-0.2, -0.15) is 0 Å². The highest BCUT2D eigenvalue weighted by Gasteiger charge is 2.42. The van der Waals surface area contributed by atoms with Gasteiger partial charge >= 0.3 is 0 Å². The Morgan fingerprint density at radius 3 is 2.62 bits per heavy atom. The van der Waals surface area contributed by atoms with Crippen LogP contribution >= 0.6 is 0 Å². The number of aliphatic hydroxyl groups excluding tert-OH is 1. The Morgan fingerprint density at radius 1 is 1.29 bits per heavy atom. The van der Waals surface area contributed by atoms with Crippen molar-refractivity contribution in [2.45, 2.75) is 77.3 Å². The Morgan fingerprint density at radius 2 is 2.05 bits per heavy atom. The van der Waals surface area contributed by atoms with Gasteiger partial charge in [0.2, 0.25) is 0 Å². The van der Waals surface area contributed by atoms with E-state index in [1.165, 1.54) is 45.2 Å². The molecule has 2 fully saturated rings. The molecular weight excluding hydrogens is 260 g/mol. The summed E-state index contributed by atoms with van der Waals surface area (Å²) in [7, 11) is 0. The second-order valence-corrected chi connectivity index (χ2v) is 7.74. The van der Waals surface area contributed by atoms with E-state index >= 15 is 0 Å². The molecule has 2 aliphatic rings. The lowest BCUT2D eigenvalue weighted by molar-refractivity contribution is 0.108. The van der Waals surface area contributed by atoms with Gasteiger partial charge in [-0.3, -0.25) is 0 Å². The van der Waals surface area contributed by atoms with Gasteiger partial charge < -0.3 is 15.3 Å². The maximum atomic E-state index is 9.97. The average Bonchev–Trinajstić information content (AvgIpc) is 3.23. The lowest BCUT2D eigenvalue weighted by Gasteiger charge is -2.36. The van der Waals surface area contributed by atoms with Crippen LogP contribution in [0.15, 0.2) is 0 Å². The van der Waals surface area contributed by atoms with Crippen molar-refractivity contribution in [1.82, 2.24) is 10.2 Å². The molecule has 2 unspecified atom stereocenters. The van der Waals surface area contributed by atoms with Crippen molar-refractivity contribution in [3.63, 3.8) is 0 Å². The Bertz CT molecular complexity index is 304. The van der Waals surface area contributed by atoms with E-state index in [0.29, 0.717) is 12.5 Å². The quantitative estimate of drug-likeness (QED) is 0.650. The minimum Gasteiger partial charge on any atom is -0.394 e. The van der Waals surface area contributed by atoms with Crippen molar-refractivity contribution >= 4 is 0 Å². The summed E-state index contributed by atoms with van der Waals surface area (Å²) >= 11 is 0. The van der Waals surface area contributed by atoms with Crippen molar-refractivity contribution in [2.24, 2.45) is 11.8 Å². The number of hydrogen-bond donors (Lipinski definition) is 2. The summed E-state index contributed by atoms with van der Waals surface area (Å²) in [6.07, 6.45) is 8.92. The van der Waals surface area contributed by atoms with Crippen LogP contribution in [0.2, 0.25) is 0 Å². The molecule has 0 spiro atoms. The SMILES string of the molecule is CCCNC1(CO)CCCC1CCN(CC(C)C)C1CC1. The zero-order chi connectivity index (χ0) is 15.3. The first-order valence-electron chi connectivity index (χ1n) is 9.21. The molecule has 0 aromatic rings. The van der Waals surface area contributed by atoms with E-state index in [0.717, 1.165) is 31.3 Å². The van der Waals surface area contributed by atoms with Crippen LogP contribution in [0.1, 0.15) is 65.7 Å². The molecule has 2 atom stereocenters. The molecule has 2 aliphatic carbocycles. The zero-order valence-corrected chi connectivity index (χ0v) is 14.4. The van der Waals surface area contributed by atoms with E-state index in [9.17, 15) is 5.11 Å². The summed E-state index contributed by atoms with van der Waals surface area (Å²) in [5, 5.41) is 13.7. The second kappa shape index (κ2) is 7.94. The van der Waals surface area contributed by atoms with Crippen LogP contribution in [0.5, 0.6) is 0 Å². The molecule has 0 aromatic carbocycles. The number of nitrogens with zero attached hydrogens (tertiary/aromatic N) is 1. The Labute approximate surface area is 131 Å². The first-order valence-corrected chi connectivity index (χ1v) is 9.21. The van der Waals surface area contributed by atoms with Crippen molar-refractivity contribution in [2.75, 3.05) is 26.2 Å². The molecule has 3 nitrogen and oxygen atoms in total. The monoisotopic (exact) mass is 296 g/mol. The van der Waals surface area contributed by atoms with Gasteiger partial charge in [0, 0.05) is 18.1 Å². The van der Waals surface area contributed by atoms with Crippen LogP contribution in [-0.4, -0.2) is 47.8 Å². The van der Waals surface area contributed by atoms with E-state index in [-0.39, 0.29) is 5.54 Å². The van der Waals surface area contributed by atoms with Gasteiger partial charge in [-0.1, -0.05) is 27.2 Å². The van der Waals surface area contributed by atoms with E-state index in [4.69, 9.17) is 0 Å². The summed E-state index contributed by atoms with van der Waals surface area (Å²) in [4.78, 5) is 2.71. The normalized spacial score (nSPS) is 29.7. The maximum absolute atomic E-state index is 9.97. The van der Waals surface area contributed by atoms with Gasteiger partial charge in [0.05, 0.1) is 6.61 Å². The van der Waals surface area contributed by atoms with E-state index in [1.54, 1.807) is 0 Å². The van der Waals surface area contributed by atoms with Crippen molar-refractivity contribution in [1.29, 1.82) is 0 Å². The molecule has 21 heavy (non-hydrogen) atoms. The summed E-state index contributed by atoms with van der Waals surface area (Å²) in [5.74, 6) is 1.41. The lowest BCUT2D eigenvalue weighted by Crippen LogP contribution is -2.52. The molecule has 0 amide bonds. The predicted octanol–water partition coefficient (Wildman–Crippen LogP) is 3.03. The summed E-state index contributed by atoms with van der Waals surface area (Å²) < 4.78 is 0. The molecule has 0 heterocycles. The van der Waals surface area contributed by atoms with Gasteiger partial charge in [0.25, 0.3) is 0 Å². The molecule has 3 heteroatoms. The minimum atomic E-state index is 0.0169. The van der Waals surface area contributed by atoms with Crippen LogP contribution in [0, 0.1) is 11.8 Å². The highest BCUT2D eigenvalue weighted by molar-refractivity contribution is 4.99. The maximum Gasteiger partial charge on any atom is 0.0616 e. The number of nitrogens with one attached hydrogen (secondary N) is 1. The number of rotatable bonds is 10. The smallest absolute Gasteiger partial charge is 0.0616 e. The Kier molecular flexibility index (Phi) is 6.51. The van der Waals surface area contributed by atoms with Crippen LogP contribution in [-0.2, 0) is 0 Å². The van der Waals surface area contributed by atoms with Crippen LogP contribution < -0.4 is 5.32 Å². The van der Waals surface area contributed by atoms with Crippen LogP contribution in [0.4, 0.5) is 0 Å². The van der Waals surface area contributed by atoms with Crippen LogP contribution in [0.25, 0.3) is 0 Å². The summed E-state index contributed by atoms with van der Waals surface area (Å²) in [6, 6.07) is 0.862. The molecule has 0 aromatic heterocycles. The third kappa shape index (κ3) is 4.67. The third-order valence-corrected chi connectivity index (χ3v) is 5.39. The molecule has 2 N–H and O–H groups in total. The standard InChI is InChI=1S/C18H36N2O/c1-4-11-19-18(14-21)10-5-6-16(18)9-12-20(13-15(2)3)17-7-8-17/h15-17,19,21H,4-14H2,1-3H3. The fourth-order valence-corrected chi connectivity index (χ4v) is 4.09. The van der Waals surface area contributed by atoms with E-state index in [2.05, 4.69) is 31.0 Å². The molecule has 0 saturated heterocycles. The van der Waals surface area contributed by atoms with Gasteiger partial charge in [0.1, 0.15) is 0 Å². The predicted molar refractivity (Wildman–Crippen MR) is 89.5 cm³/mol. The Balaban J connectivity index is 1.87. The zero-order valence-electron chi connectivity index (χ0n) is 14.4. The van der Waals surface area contributed by atoms with Gasteiger partial charge in [-0.25, -0.2) is 0 Å². The summed E-state index contributed by atoms with van der Waals surface area (Å²) in [5.41, 5.74) is 0.0169.